The smallest absolute Gasteiger partial charge is 0.350 e. The predicted molar refractivity (Wildman–Crippen MR) is 116 cm³/mol. The van der Waals surface area contributed by atoms with E-state index >= 15 is 0 Å². The number of methoxy groups -OCH3 is 1. The van der Waals surface area contributed by atoms with Crippen LogP contribution in [0.5, 0.6) is 0 Å². The maximum Gasteiger partial charge on any atom is 0.350 e. The Balaban J connectivity index is 1.96. The molecule has 1 amide bonds. The predicted octanol–water partition coefficient (Wildman–Crippen LogP) is 4.00. The van der Waals surface area contributed by atoms with Crippen molar-refractivity contribution in [2.75, 3.05) is 12.0 Å². The second-order valence-electron chi connectivity index (χ2n) is 6.96. The highest BCUT2D eigenvalue weighted by Gasteiger charge is 2.49. The van der Waals surface area contributed by atoms with Gasteiger partial charge in [-0.15, -0.1) is 0 Å². The fourth-order valence-corrected chi connectivity index (χ4v) is 4.55. The van der Waals surface area contributed by atoms with E-state index in [1.165, 1.54) is 25.3 Å². The maximum absolute atomic E-state index is 14.8. The molecule has 7 nitrogen and oxygen atoms in total. The molecular weight excluding hydrogens is 435 g/mol. The quantitative estimate of drug-likeness (QED) is 0.278. The van der Waals surface area contributed by atoms with Crippen LogP contribution in [0, 0.1) is 12.7 Å². The van der Waals surface area contributed by atoms with Crippen molar-refractivity contribution in [3.63, 3.8) is 0 Å². The zero-order chi connectivity index (χ0) is 23.0. The normalized spacial score (nSPS) is 17.6. The number of aryl methyl sites for hydroxylation is 1. The summed E-state index contributed by atoms with van der Waals surface area (Å²) >= 11 is 0.850. The van der Waals surface area contributed by atoms with Gasteiger partial charge in [0.15, 0.2) is 5.13 Å². The van der Waals surface area contributed by atoms with Gasteiger partial charge in [-0.1, -0.05) is 59.9 Å². The van der Waals surface area contributed by atoms with Crippen LogP contribution in [0.15, 0.2) is 60.2 Å². The first-order valence-corrected chi connectivity index (χ1v) is 10.3. The highest BCUT2D eigenvalue weighted by molar-refractivity contribution is 7.17. The number of aliphatic hydroxyl groups excluding tert-OH is 1. The second-order valence-corrected chi connectivity index (χ2v) is 7.94. The lowest BCUT2D eigenvalue weighted by molar-refractivity contribution is -0.132. The Labute approximate surface area is 186 Å². The minimum Gasteiger partial charge on any atom is -0.507 e. The zero-order valence-corrected chi connectivity index (χ0v) is 17.9. The lowest BCUT2D eigenvalue weighted by Crippen LogP contribution is -2.29. The number of anilines is 1. The third kappa shape index (κ3) is 3.46. The summed E-state index contributed by atoms with van der Waals surface area (Å²) in [6, 6.07) is 12.6. The van der Waals surface area contributed by atoms with Gasteiger partial charge in [0.2, 0.25) is 0 Å². The van der Waals surface area contributed by atoms with E-state index in [0.29, 0.717) is 11.3 Å². The number of benzene rings is 2. The Bertz CT molecular complexity index is 1270. The van der Waals surface area contributed by atoms with Crippen molar-refractivity contribution < 1.29 is 28.6 Å². The molecule has 1 aromatic heterocycles. The molecule has 32 heavy (non-hydrogen) atoms. The molecule has 0 bridgehead atoms. The van der Waals surface area contributed by atoms with Gasteiger partial charge in [-0.25, -0.2) is 14.2 Å². The van der Waals surface area contributed by atoms with Crippen molar-refractivity contribution in [2.45, 2.75) is 13.0 Å². The number of ether oxygens (including phenoxy) is 1. The van der Waals surface area contributed by atoms with Crippen LogP contribution in [0.2, 0.25) is 0 Å². The highest BCUT2D eigenvalue weighted by atomic mass is 32.1. The lowest BCUT2D eigenvalue weighted by Gasteiger charge is -2.23. The van der Waals surface area contributed by atoms with E-state index < -0.39 is 35.3 Å². The Hall–Kier alpha value is -3.85. The van der Waals surface area contributed by atoms with Crippen LogP contribution in [0.1, 0.15) is 32.5 Å². The Morgan fingerprint density at radius 3 is 2.44 bits per heavy atom. The molecule has 1 fully saturated rings. The van der Waals surface area contributed by atoms with Crippen molar-refractivity contribution in [3.05, 3.63) is 87.7 Å². The van der Waals surface area contributed by atoms with E-state index in [2.05, 4.69) is 4.98 Å². The number of hydrogen-bond donors (Lipinski definition) is 1. The molecule has 1 N–H and O–H groups in total. The molecular formula is C23H17FN2O5S. The summed E-state index contributed by atoms with van der Waals surface area (Å²) in [4.78, 5) is 43.6. The molecule has 1 aliphatic rings. The second kappa shape index (κ2) is 8.35. The molecule has 0 radical (unpaired) electrons. The first kappa shape index (κ1) is 21.4. The first-order valence-electron chi connectivity index (χ1n) is 9.51. The van der Waals surface area contributed by atoms with Crippen molar-refractivity contribution in [1.82, 2.24) is 4.98 Å². The standard InChI is InChI=1S/C23H17FN2O5S/c1-12-20(22(30)31-2)32-23(25-12)26-17(14-10-6-7-11-15(14)24)16(19(28)21(26)29)18(27)13-8-4-3-5-9-13/h3-11,17,27H,1-2H3/b18-16+. The van der Waals surface area contributed by atoms with E-state index in [9.17, 15) is 23.9 Å². The molecule has 2 aromatic carbocycles. The number of aromatic nitrogens is 1. The average molecular weight is 452 g/mol. The van der Waals surface area contributed by atoms with Gasteiger partial charge in [0, 0.05) is 11.1 Å². The van der Waals surface area contributed by atoms with Crippen LogP contribution in [-0.2, 0) is 14.3 Å². The van der Waals surface area contributed by atoms with E-state index in [-0.39, 0.29) is 21.1 Å². The van der Waals surface area contributed by atoms with E-state index in [4.69, 9.17) is 4.74 Å². The zero-order valence-electron chi connectivity index (χ0n) is 17.0. The molecule has 0 aliphatic carbocycles. The summed E-state index contributed by atoms with van der Waals surface area (Å²) in [5, 5.41) is 11.0. The SMILES string of the molecule is COC(=O)c1sc(N2C(=O)C(=O)/C(=C(/O)c3ccccc3)C2c2ccccc2F)nc1C. The van der Waals surface area contributed by atoms with Gasteiger partial charge in [-0.3, -0.25) is 14.5 Å². The average Bonchev–Trinajstić information content (AvgIpc) is 3.30. The number of ketones is 1. The van der Waals surface area contributed by atoms with Crippen LogP contribution in [-0.4, -0.2) is 34.9 Å². The largest absolute Gasteiger partial charge is 0.507 e. The maximum atomic E-state index is 14.8. The summed E-state index contributed by atoms with van der Waals surface area (Å²) < 4.78 is 19.6. The summed E-state index contributed by atoms with van der Waals surface area (Å²) in [7, 11) is 1.21. The Morgan fingerprint density at radius 2 is 1.78 bits per heavy atom. The van der Waals surface area contributed by atoms with Crippen LogP contribution >= 0.6 is 11.3 Å². The molecule has 3 aromatic rings. The number of carbonyl (C=O) groups is 3. The summed E-state index contributed by atoms with van der Waals surface area (Å²) in [5.41, 5.74) is 0.349. The molecule has 4 rings (SSSR count). The van der Waals surface area contributed by atoms with Gasteiger partial charge < -0.3 is 9.84 Å². The van der Waals surface area contributed by atoms with Gasteiger partial charge in [-0.05, 0) is 13.0 Å². The molecule has 0 saturated carbocycles. The van der Waals surface area contributed by atoms with E-state index in [1.807, 2.05) is 0 Å². The molecule has 162 valence electrons. The number of aliphatic hydroxyl groups is 1. The number of carbonyl (C=O) groups excluding carboxylic acids is 3. The summed E-state index contributed by atoms with van der Waals surface area (Å²) in [5.74, 6) is -3.70. The number of thiazole rings is 1. The number of amides is 1. The number of halogens is 1. The van der Waals surface area contributed by atoms with Crippen LogP contribution < -0.4 is 4.90 Å². The van der Waals surface area contributed by atoms with Gasteiger partial charge in [0.25, 0.3) is 5.78 Å². The Kier molecular flexibility index (Phi) is 5.58. The van der Waals surface area contributed by atoms with Crippen molar-refractivity contribution in [2.24, 2.45) is 0 Å². The number of hydrogen-bond acceptors (Lipinski definition) is 7. The number of rotatable bonds is 4. The van der Waals surface area contributed by atoms with Gasteiger partial charge in [0.1, 0.15) is 22.5 Å². The van der Waals surface area contributed by atoms with Crippen molar-refractivity contribution >= 4 is 39.9 Å². The van der Waals surface area contributed by atoms with Gasteiger partial charge >= 0.3 is 11.9 Å². The number of Topliss-reactive ketones (excluding diaryl/α,β-unsaturated/α-hetero) is 1. The molecule has 1 unspecified atom stereocenters. The van der Waals surface area contributed by atoms with Gasteiger partial charge in [0.05, 0.1) is 18.4 Å². The fourth-order valence-electron chi connectivity index (χ4n) is 3.54. The minimum absolute atomic E-state index is 0.0108. The topological polar surface area (TPSA) is 96.8 Å². The van der Waals surface area contributed by atoms with E-state index in [1.54, 1.807) is 43.3 Å². The summed E-state index contributed by atoms with van der Waals surface area (Å²) in [6.45, 7) is 1.56. The minimum atomic E-state index is -1.27. The molecule has 1 saturated heterocycles. The third-order valence-electron chi connectivity index (χ3n) is 5.05. The van der Waals surface area contributed by atoms with E-state index in [0.717, 1.165) is 16.2 Å². The fraction of sp³-hybridized carbons (Fsp3) is 0.130. The lowest BCUT2D eigenvalue weighted by atomic mass is 9.95. The molecule has 1 aliphatic heterocycles. The highest BCUT2D eigenvalue weighted by Crippen LogP contribution is 2.44. The molecule has 1 atom stereocenters. The number of esters is 1. The molecule has 9 heteroatoms. The summed E-state index contributed by atoms with van der Waals surface area (Å²) in [6.07, 6.45) is 0. The van der Waals surface area contributed by atoms with Crippen LogP contribution in [0.25, 0.3) is 5.76 Å². The first-order chi connectivity index (χ1) is 15.3. The number of nitrogens with zero attached hydrogens (tertiary/aromatic N) is 2. The third-order valence-corrected chi connectivity index (χ3v) is 6.19. The molecule has 0 spiro atoms. The molecule has 2 heterocycles. The monoisotopic (exact) mass is 452 g/mol. The van der Waals surface area contributed by atoms with Crippen molar-refractivity contribution in [3.8, 4) is 0 Å². The van der Waals surface area contributed by atoms with Crippen LogP contribution in [0.4, 0.5) is 9.52 Å². The van der Waals surface area contributed by atoms with Gasteiger partial charge in [-0.2, -0.15) is 0 Å². The van der Waals surface area contributed by atoms with Crippen molar-refractivity contribution in [1.29, 1.82) is 0 Å². The Morgan fingerprint density at radius 1 is 1.12 bits per heavy atom. The van der Waals surface area contributed by atoms with Crippen LogP contribution in [0.3, 0.4) is 0 Å².